The van der Waals surface area contributed by atoms with Crippen LogP contribution in [0.15, 0.2) is 49.4 Å². The highest BCUT2D eigenvalue weighted by atomic mass is 14.9. The zero-order valence-corrected chi connectivity index (χ0v) is 9.20. The molecular weight excluding hydrogens is 184 g/mol. The third-order valence-electron chi connectivity index (χ3n) is 1.86. The summed E-state index contributed by atoms with van der Waals surface area (Å²) >= 11 is 0. The van der Waals surface area contributed by atoms with Crippen LogP contribution in [0.1, 0.15) is 12.5 Å². The van der Waals surface area contributed by atoms with Crippen molar-refractivity contribution in [2.75, 3.05) is 0 Å². The average molecular weight is 200 g/mol. The minimum atomic E-state index is 1.06. The summed E-state index contributed by atoms with van der Waals surface area (Å²) in [6.45, 7) is 7.33. The van der Waals surface area contributed by atoms with Crippen LogP contribution in [0.2, 0.25) is 0 Å². The molecule has 2 heteroatoms. The van der Waals surface area contributed by atoms with Crippen LogP contribution in [0.25, 0.3) is 11.3 Å². The Labute approximate surface area is 90.7 Å². The third-order valence-corrected chi connectivity index (χ3v) is 1.86. The quantitative estimate of drug-likeness (QED) is 0.700. The van der Waals surface area contributed by atoms with Crippen LogP contribution in [0.5, 0.6) is 0 Å². The lowest BCUT2D eigenvalue weighted by molar-refractivity contribution is 1.31. The van der Waals surface area contributed by atoms with Crippen molar-refractivity contribution in [3.05, 3.63) is 55.0 Å². The minimum absolute atomic E-state index is 1.06. The van der Waals surface area contributed by atoms with Gasteiger partial charge in [-0.15, -0.1) is 6.58 Å². The molecule has 1 N–H and O–H groups in total. The second-order valence-corrected chi connectivity index (χ2v) is 3.24. The van der Waals surface area contributed by atoms with Crippen molar-refractivity contribution in [1.82, 2.24) is 9.97 Å². The van der Waals surface area contributed by atoms with Gasteiger partial charge in [0.15, 0.2) is 0 Å². The summed E-state index contributed by atoms with van der Waals surface area (Å²) in [7, 11) is 0. The highest BCUT2D eigenvalue weighted by Crippen LogP contribution is 2.15. The zero-order valence-electron chi connectivity index (χ0n) is 9.20. The van der Waals surface area contributed by atoms with Gasteiger partial charge in [0.1, 0.15) is 0 Å². The summed E-state index contributed by atoms with van der Waals surface area (Å²) < 4.78 is 0. The fourth-order valence-corrected chi connectivity index (χ4v) is 1.15. The summed E-state index contributed by atoms with van der Waals surface area (Å²) in [5.74, 6) is 0. The molecular formula is C13H16N2. The van der Waals surface area contributed by atoms with Gasteiger partial charge < -0.3 is 4.98 Å². The topological polar surface area (TPSA) is 28.7 Å². The number of rotatable bonds is 1. The first-order valence-electron chi connectivity index (χ1n) is 4.90. The lowest BCUT2D eigenvalue weighted by atomic mass is 10.1. The van der Waals surface area contributed by atoms with Crippen molar-refractivity contribution in [1.29, 1.82) is 0 Å². The number of aromatic amines is 1. The van der Waals surface area contributed by atoms with Crippen molar-refractivity contribution < 1.29 is 0 Å². The van der Waals surface area contributed by atoms with Gasteiger partial charge in [-0.05, 0) is 19.4 Å². The first-order valence-corrected chi connectivity index (χ1v) is 4.90. The maximum atomic E-state index is 3.97. The zero-order chi connectivity index (χ0) is 11.1. The highest BCUT2D eigenvalue weighted by Gasteiger charge is 1.95. The molecule has 0 aliphatic carbocycles. The summed E-state index contributed by atoms with van der Waals surface area (Å²) in [6, 6.07) is 8.36. The van der Waals surface area contributed by atoms with E-state index in [0.717, 1.165) is 5.69 Å². The predicted octanol–water partition coefficient (Wildman–Crippen LogP) is 3.58. The van der Waals surface area contributed by atoms with Gasteiger partial charge >= 0.3 is 0 Å². The molecule has 0 unspecified atom stereocenters. The predicted molar refractivity (Wildman–Crippen MR) is 64.6 cm³/mol. The summed E-state index contributed by atoms with van der Waals surface area (Å²) in [6.07, 6.45) is 5.26. The fourth-order valence-electron chi connectivity index (χ4n) is 1.15. The molecule has 2 rings (SSSR count). The van der Waals surface area contributed by atoms with Gasteiger partial charge in [0.05, 0.1) is 18.2 Å². The second kappa shape index (κ2) is 5.81. The largest absolute Gasteiger partial charge is 0.345 e. The molecule has 0 bridgehead atoms. The maximum Gasteiger partial charge on any atom is 0.0924 e. The summed E-state index contributed by atoms with van der Waals surface area (Å²) in [5.41, 5.74) is 3.52. The number of hydrogen-bond donors (Lipinski definition) is 1. The third kappa shape index (κ3) is 3.43. The van der Waals surface area contributed by atoms with Crippen LogP contribution < -0.4 is 0 Å². The van der Waals surface area contributed by atoms with E-state index in [9.17, 15) is 0 Å². The van der Waals surface area contributed by atoms with Crippen molar-refractivity contribution in [2.24, 2.45) is 0 Å². The molecule has 15 heavy (non-hydrogen) atoms. The van der Waals surface area contributed by atoms with Gasteiger partial charge in [-0.25, -0.2) is 4.98 Å². The van der Waals surface area contributed by atoms with E-state index >= 15 is 0 Å². The number of H-pyrrole nitrogens is 1. The van der Waals surface area contributed by atoms with Crippen molar-refractivity contribution in [3.63, 3.8) is 0 Å². The van der Waals surface area contributed by atoms with Crippen molar-refractivity contribution >= 4 is 0 Å². The first-order chi connectivity index (χ1) is 7.27. The molecule has 0 atom stereocenters. The molecule has 2 aromatic rings. The van der Waals surface area contributed by atoms with E-state index in [0.29, 0.717) is 0 Å². The molecule has 0 radical (unpaired) electrons. The Bertz CT molecular complexity index is 385. The van der Waals surface area contributed by atoms with Gasteiger partial charge in [-0.2, -0.15) is 0 Å². The Kier molecular flexibility index (Phi) is 4.35. The summed E-state index contributed by atoms with van der Waals surface area (Å²) in [5, 5.41) is 0. The Hall–Kier alpha value is -1.83. The Balaban J connectivity index is 0.000000337. The molecule has 1 aromatic carbocycles. The fraction of sp³-hybridized carbons (Fsp3) is 0.154. The molecule has 0 fully saturated rings. The van der Waals surface area contributed by atoms with Crippen LogP contribution in [0, 0.1) is 6.92 Å². The number of hydrogen-bond acceptors (Lipinski definition) is 1. The van der Waals surface area contributed by atoms with E-state index in [1.165, 1.54) is 11.1 Å². The number of nitrogens with one attached hydrogen (secondary N) is 1. The summed E-state index contributed by atoms with van der Waals surface area (Å²) in [4.78, 5) is 7.03. The van der Waals surface area contributed by atoms with E-state index in [4.69, 9.17) is 0 Å². The van der Waals surface area contributed by atoms with E-state index in [2.05, 4.69) is 47.7 Å². The van der Waals surface area contributed by atoms with E-state index in [-0.39, 0.29) is 0 Å². The Morgan fingerprint density at radius 3 is 2.33 bits per heavy atom. The van der Waals surface area contributed by atoms with E-state index in [1.54, 1.807) is 12.4 Å². The molecule has 0 saturated heterocycles. The molecule has 1 heterocycles. The van der Waals surface area contributed by atoms with Crippen LogP contribution in [-0.4, -0.2) is 9.97 Å². The standard InChI is InChI=1S/C10H10N2.C3H6/c1-8-2-4-9(5-3-8)10-6-11-7-12-10;1-3-2/h2-7H,1H3,(H,11,12);3H,1H2,2H3. The molecule has 78 valence electrons. The van der Waals surface area contributed by atoms with Gasteiger partial charge in [0, 0.05) is 0 Å². The SMILES string of the molecule is C=CC.Cc1ccc(-c2cnc[nH]2)cc1. The van der Waals surface area contributed by atoms with Crippen molar-refractivity contribution in [2.45, 2.75) is 13.8 Å². The molecule has 0 aliphatic rings. The number of nitrogens with zero attached hydrogens (tertiary/aromatic N) is 1. The van der Waals surface area contributed by atoms with Gasteiger partial charge in [0.2, 0.25) is 0 Å². The Morgan fingerprint density at radius 1 is 1.27 bits per heavy atom. The molecule has 0 spiro atoms. The highest BCUT2D eigenvalue weighted by molar-refractivity contribution is 5.58. The van der Waals surface area contributed by atoms with Crippen LogP contribution in [-0.2, 0) is 0 Å². The van der Waals surface area contributed by atoms with Crippen LogP contribution >= 0.6 is 0 Å². The number of allylic oxidation sites excluding steroid dienone is 1. The molecule has 0 aliphatic heterocycles. The minimum Gasteiger partial charge on any atom is -0.345 e. The Morgan fingerprint density at radius 2 is 1.87 bits per heavy atom. The van der Waals surface area contributed by atoms with Gasteiger partial charge in [-0.1, -0.05) is 35.9 Å². The first kappa shape index (κ1) is 11.2. The monoisotopic (exact) mass is 200 g/mol. The van der Waals surface area contributed by atoms with Crippen LogP contribution in [0.4, 0.5) is 0 Å². The second-order valence-electron chi connectivity index (χ2n) is 3.24. The normalized spacial score (nSPS) is 8.93. The lowest BCUT2D eigenvalue weighted by Gasteiger charge is -1.96. The smallest absolute Gasteiger partial charge is 0.0924 e. The average Bonchev–Trinajstić information content (AvgIpc) is 2.73. The number of benzene rings is 1. The van der Waals surface area contributed by atoms with Gasteiger partial charge in [0.25, 0.3) is 0 Å². The molecule has 0 saturated carbocycles. The number of aryl methyl sites for hydroxylation is 1. The lowest BCUT2D eigenvalue weighted by Crippen LogP contribution is -1.76. The van der Waals surface area contributed by atoms with E-state index in [1.807, 2.05) is 13.1 Å². The molecule has 0 amide bonds. The number of imidazole rings is 1. The maximum absolute atomic E-state index is 3.97. The van der Waals surface area contributed by atoms with Gasteiger partial charge in [-0.3, -0.25) is 0 Å². The van der Waals surface area contributed by atoms with E-state index < -0.39 is 0 Å². The molecule has 2 nitrogen and oxygen atoms in total. The van der Waals surface area contributed by atoms with Crippen molar-refractivity contribution in [3.8, 4) is 11.3 Å². The number of aromatic nitrogens is 2. The molecule has 1 aromatic heterocycles. The van der Waals surface area contributed by atoms with Crippen LogP contribution in [0.3, 0.4) is 0 Å².